The molecular formula is C28H26F5N3O2. The third kappa shape index (κ3) is 5.39. The number of hydrogen-bond donors (Lipinski definition) is 2. The molecule has 1 saturated carbocycles. The number of hydrogen-bond acceptors (Lipinski definition) is 4. The van der Waals surface area contributed by atoms with Crippen LogP contribution in [0.4, 0.5) is 33.6 Å². The van der Waals surface area contributed by atoms with E-state index in [1.54, 1.807) is 12.1 Å². The van der Waals surface area contributed by atoms with Crippen molar-refractivity contribution in [1.29, 1.82) is 0 Å². The quantitative estimate of drug-likeness (QED) is 0.254. The number of nitrogens with one attached hydrogen (secondary N) is 1. The standard InChI is InChI=1S/C28H26F5N3O2/c1-15-9-16(2)11-20(10-15)36-25-8-3-17(18-12-22(29)26(37)23(30)13-18)14-24(25)35-27(36)34-19-4-6-21(7-5-19)38-28(31,32)33/h3-8,12-16,20,37H,9-11H2,1-2H3,(H,34,35). The molecule has 0 saturated heterocycles. The summed E-state index contributed by atoms with van der Waals surface area (Å²) in [6.45, 7) is 4.42. The van der Waals surface area contributed by atoms with Crippen molar-refractivity contribution in [2.45, 2.75) is 45.5 Å². The summed E-state index contributed by atoms with van der Waals surface area (Å²) in [5.41, 5.74) is 2.70. The van der Waals surface area contributed by atoms with Gasteiger partial charge in [-0.25, -0.2) is 13.8 Å². The number of aromatic nitrogens is 2. The van der Waals surface area contributed by atoms with E-state index < -0.39 is 23.7 Å². The highest BCUT2D eigenvalue weighted by molar-refractivity contribution is 5.85. The number of ether oxygens (including phenoxy) is 1. The molecule has 38 heavy (non-hydrogen) atoms. The molecule has 1 fully saturated rings. The monoisotopic (exact) mass is 531 g/mol. The Hall–Kier alpha value is -3.82. The van der Waals surface area contributed by atoms with Gasteiger partial charge in [-0.1, -0.05) is 19.9 Å². The molecule has 1 aromatic heterocycles. The molecule has 10 heteroatoms. The molecule has 1 aliphatic rings. The Morgan fingerprint density at radius 1 is 0.895 bits per heavy atom. The fourth-order valence-electron chi connectivity index (χ4n) is 5.45. The normalized spacial score (nSPS) is 20.0. The van der Waals surface area contributed by atoms with E-state index in [1.807, 2.05) is 6.07 Å². The minimum absolute atomic E-state index is 0.128. The highest BCUT2D eigenvalue weighted by Gasteiger charge is 2.31. The van der Waals surface area contributed by atoms with Crippen LogP contribution in [0.2, 0.25) is 0 Å². The SMILES string of the molecule is CC1CC(C)CC(n2c(Nc3ccc(OC(F)(F)F)cc3)nc3cc(-c4cc(F)c(O)c(F)c4)ccc32)C1. The highest BCUT2D eigenvalue weighted by atomic mass is 19.4. The van der Waals surface area contributed by atoms with Crippen LogP contribution in [-0.4, -0.2) is 21.0 Å². The second kappa shape index (κ2) is 9.81. The van der Waals surface area contributed by atoms with Gasteiger partial charge < -0.3 is 19.7 Å². The van der Waals surface area contributed by atoms with Gasteiger partial charge in [0.05, 0.1) is 11.0 Å². The predicted octanol–water partition coefficient (Wildman–Crippen LogP) is 8.33. The van der Waals surface area contributed by atoms with Gasteiger partial charge in [0, 0.05) is 11.7 Å². The maximum atomic E-state index is 14.0. The second-order valence-electron chi connectivity index (χ2n) is 10.1. The number of rotatable bonds is 5. The van der Waals surface area contributed by atoms with Crippen molar-refractivity contribution in [2.75, 3.05) is 5.32 Å². The van der Waals surface area contributed by atoms with Gasteiger partial charge in [0.2, 0.25) is 5.95 Å². The van der Waals surface area contributed by atoms with Gasteiger partial charge in [0.25, 0.3) is 0 Å². The van der Waals surface area contributed by atoms with E-state index in [1.165, 1.54) is 24.3 Å². The number of alkyl halides is 3. The molecule has 2 N–H and O–H groups in total. The van der Waals surface area contributed by atoms with Crippen LogP contribution in [0.15, 0.2) is 54.6 Å². The van der Waals surface area contributed by atoms with Gasteiger partial charge in [-0.15, -0.1) is 13.2 Å². The highest BCUT2D eigenvalue weighted by Crippen LogP contribution is 2.41. The summed E-state index contributed by atoms with van der Waals surface area (Å²) in [7, 11) is 0. The van der Waals surface area contributed by atoms with Gasteiger partial charge in [-0.3, -0.25) is 0 Å². The average Bonchev–Trinajstić information content (AvgIpc) is 3.19. The Morgan fingerprint density at radius 3 is 2.13 bits per heavy atom. The number of fused-ring (bicyclic) bond motifs is 1. The van der Waals surface area contributed by atoms with Crippen LogP contribution in [0, 0.1) is 23.5 Å². The minimum Gasteiger partial charge on any atom is -0.503 e. The number of benzene rings is 3. The molecule has 5 nitrogen and oxygen atoms in total. The lowest BCUT2D eigenvalue weighted by Gasteiger charge is -2.33. The van der Waals surface area contributed by atoms with Crippen molar-refractivity contribution in [3.05, 3.63) is 66.2 Å². The Labute approximate surface area is 215 Å². The first kappa shape index (κ1) is 25.8. The minimum atomic E-state index is -4.78. The van der Waals surface area contributed by atoms with Crippen molar-refractivity contribution in [2.24, 2.45) is 11.8 Å². The fourth-order valence-corrected chi connectivity index (χ4v) is 5.45. The van der Waals surface area contributed by atoms with Gasteiger partial charge in [-0.05, 0) is 90.8 Å². The number of nitrogens with zero attached hydrogens (tertiary/aromatic N) is 2. The van der Waals surface area contributed by atoms with Gasteiger partial charge >= 0.3 is 6.36 Å². The lowest BCUT2D eigenvalue weighted by molar-refractivity contribution is -0.274. The summed E-state index contributed by atoms with van der Waals surface area (Å²) in [4.78, 5) is 4.77. The summed E-state index contributed by atoms with van der Waals surface area (Å²) >= 11 is 0. The van der Waals surface area contributed by atoms with Gasteiger partial charge in [-0.2, -0.15) is 0 Å². The number of halogens is 5. The first-order valence-electron chi connectivity index (χ1n) is 12.3. The molecule has 0 radical (unpaired) electrons. The zero-order valence-electron chi connectivity index (χ0n) is 20.7. The Morgan fingerprint density at radius 2 is 1.53 bits per heavy atom. The van der Waals surface area contributed by atoms with Crippen LogP contribution in [0.3, 0.4) is 0 Å². The first-order chi connectivity index (χ1) is 18.0. The van der Waals surface area contributed by atoms with E-state index in [2.05, 4.69) is 28.5 Å². The summed E-state index contributed by atoms with van der Waals surface area (Å²) in [5.74, 6) is -1.98. The molecule has 2 atom stereocenters. The van der Waals surface area contributed by atoms with Crippen molar-refractivity contribution < 1.29 is 31.8 Å². The van der Waals surface area contributed by atoms with Crippen LogP contribution in [0.25, 0.3) is 22.2 Å². The van der Waals surface area contributed by atoms with Gasteiger partial charge in [0.15, 0.2) is 17.4 Å². The summed E-state index contributed by atoms with van der Waals surface area (Å²) < 4.78 is 71.7. The van der Waals surface area contributed by atoms with E-state index in [0.29, 0.717) is 34.6 Å². The van der Waals surface area contributed by atoms with Crippen LogP contribution < -0.4 is 10.1 Å². The third-order valence-electron chi connectivity index (χ3n) is 6.90. The van der Waals surface area contributed by atoms with E-state index >= 15 is 0 Å². The van der Waals surface area contributed by atoms with Crippen LogP contribution >= 0.6 is 0 Å². The Bertz CT molecular complexity index is 1430. The number of imidazole rings is 1. The number of aromatic hydroxyl groups is 1. The van der Waals surface area contributed by atoms with Crippen molar-refractivity contribution in [3.8, 4) is 22.6 Å². The zero-order valence-corrected chi connectivity index (χ0v) is 20.7. The van der Waals surface area contributed by atoms with E-state index in [9.17, 15) is 27.1 Å². The maximum absolute atomic E-state index is 14.0. The largest absolute Gasteiger partial charge is 0.573 e. The third-order valence-corrected chi connectivity index (χ3v) is 6.90. The van der Waals surface area contributed by atoms with Crippen LogP contribution in [0.1, 0.15) is 39.2 Å². The second-order valence-corrected chi connectivity index (χ2v) is 10.1. The lowest BCUT2D eigenvalue weighted by Crippen LogP contribution is -2.23. The number of phenolic OH excluding ortho intramolecular Hbond substituents is 1. The molecule has 1 aliphatic carbocycles. The smallest absolute Gasteiger partial charge is 0.503 e. The van der Waals surface area contributed by atoms with Crippen LogP contribution in [-0.2, 0) is 0 Å². The first-order valence-corrected chi connectivity index (χ1v) is 12.3. The zero-order chi connectivity index (χ0) is 27.2. The summed E-state index contributed by atoms with van der Waals surface area (Å²) in [5, 5.41) is 12.7. The molecule has 0 bridgehead atoms. The van der Waals surface area contributed by atoms with Crippen LogP contribution in [0.5, 0.6) is 11.5 Å². The van der Waals surface area contributed by atoms with Crippen molar-refractivity contribution >= 4 is 22.7 Å². The average molecular weight is 532 g/mol. The molecular weight excluding hydrogens is 505 g/mol. The molecule has 3 aromatic carbocycles. The molecule has 4 aromatic rings. The number of phenols is 1. The maximum Gasteiger partial charge on any atom is 0.573 e. The van der Waals surface area contributed by atoms with Crippen molar-refractivity contribution in [3.63, 3.8) is 0 Å². The molecule has 1 heterocycles. The molecule has 2 unspecified atom stereocenters. The Balaban J connectivity index is 1.55. The van der Waals surface area contributed by atoms with E-state index in [4.69, 9.17) is 4.98 Å². The Kier molecular flexibility index (Phi) is 6.66. The summed E-state index contributed by atoms with van der Waals surface area (Å²) in [6.07, 6.45) is -1.80. The predicted molar refractivity (Wildman–Crippen MR) is 134 cm³/mol. The molecule has 0 amide bonds. The molecule has 0 spiro atoms. The van der Waals surface area contributed by atoms with Gasteiger partial charge in [0.1, 0.15) is 5.75 Å². The molecule has 0 aliphatic heterocycles. The molecule has 200 valence electrons. The molecule has 5 rings (SSSR count). The fraction of sp³-hybridized carbons (Fsp3) is 0.321. The lowest BCUT2D eigenvalue weighted by atomic mass is 9.80. The van der Waals surface area contributed by atoms with E-state index in [0.717, 1.165) is 36.9 Å². The number of anilines is 2. The van der Waals surface area contributed by atoms with Crippen molar-refractivity contribution in [1.82, 2.24) is 9.55 Å². The summed E-state index contributed by atoms with van der Waals surface area (Å²) in [6, 6.07) is 13.0. The topological polar surface area (TPSA) is 59.3 Å². The van der Waals surface area contributed by atoms with E-state index in [-0.39, 0.29) is 17.4 Å².